The van der Waals surface area contributed by atoms with Crippen molar-refractivity contribution in [2.24, 2.45) is 0 Å². The average molecular weight is 336 g/mol. The minimum Gasteiger partial charge on any atom is -0.444 e. The molecule has 0 aromatic heterocycles. The van der Waals surface area contributed by atoms with Crippen molar-refractivity contribution in [1.82, 2.24) is 9.80 Å². The highest BCUT2D eigenvalue weighted by molar-refractivity contribution is 5.83. The van der Waals surface area contributed by atoms with Crippen molar-refractivity contribution in [2.75, 3.05) is 19.6 Å². The van der Waals surface area contributed by atoms with Crippen LogP contribution < -0.4 is 0 Å². The quantitative estimate of drug-likeness (QED) is 0.683. The van der Waals surface area contributed by atoms with Crippen molar-refractivity contribution < 1.29 is 27.5 Å². The molecule has 0 N–H and O–H groups in total. The van der Waals surface area contributed by atoms with Crippen LogP contribution in [0.4, 0.5) is 18.0 Å². The number of hydrogen-bond donors (Lipinski definition) is 0. The van der Waals surface area contributed by atoms with Gasteiger partial charge in [0.2, 0.25) is 0 Å². The molecule has 2 aliphatic rings. The van der Waals surface area contributed by atoms with Crippen LogP contribution in [0.1, 0.15) is 46.5 Å². The fraction of sp³-hybridized carbons (Fsp3) is 0.867. The Kier molecular flexibility index (Phi) is 4.56. The summed E-state index contributed by atoms with van der Waals surface area (Å²) in [4.78, 5) is 26.2. The highest BCUT2D eigenvalue weighted by Crippen LogP contribution is 2.39. The fourth-order valence-corrected chi connectivity index (χ4v) is 3.33. The number of nitrogens with zero attached hydrogens (tertiary/aromatic N) is 2. The zero-order valence-electron chi connectivity index (χ0n) is 13.7. The van der Waals surface area contributed by atoms with Crippen molar-refractivity contribution >= 4 is 12.0 Å². The molecule has 2 rings (SSSR count). The van der Waals surface area contributed by atoms with E-state index in [9.17, 15) is 22.8 Å². The number of alkyl halides is 3. The summed E-state index contributed by atoms with van der Waals surface area (Å²) in [5.74, 6) is -1.80. The van der Waals surface area contributed by atoms with Crippen LogP contribution in [0.2, 0.25) is 0 Å². The third-order valence-corrected chi connectivity index (χ3v) is 4.32. The second-order valence-electron chi connectivity index (χ2n) is 7.29. The topological polar surface area (TPSA) is 49.9 Å². The van der Waals surface area contributed by atoms with Gasteiger partial charge >= 0.3 is 18.2 Å². The van der Waals surface area contributed by atoms with E-state index in [1.165, 1.54) is 4.90 Å². The number of hydrogen-bond acceptors (Lipinski definition) is 3. The maximum Gasteiger partial charge on any atom is 0.471 e. The number of amides is 2. The van der Waals surface area contributed by atoms with E-state index in [0.717, 1.165) is 11.3 Å². The Hall–Kier alpha value is -1.47. The summed E-state index contributed by atoms with van der Waals surface area (Å²) < 4.78 is 43.8. The molecule has 0 aliphatic carbocycles. The highest BCUT2D eigenvalue weighted by Gasteiger charge is 2.54. The lowest BCUT2D eigenvalue weighted by atomic mass is 9.85. The van der Waals surface area contributed by atoms with Crippen LogP contribution in [-0.4, -0.2) is 58.8 Å². The molecule has 132 valence electrons. The lowest BCUT2D eigenvalue weighted by Crippen LogP contribution is -2.59. The third-order valence-electron chi connectivity index (χ3n) is 4.32. The molecule has 1 spiro atoms. The molecule has 1 atom stereocenters. The zero-order valence-corrected chi connectivity index (χ0v) is 13.7. The molecule has 2 saturated heterocycles. The van der Waals surface area contributed by atoms with E-state index in [2.05, 4.69) is 0 Å². The molecular weight excluding hydrogens is 313 g/mol. The highest BCUT2D eigenvalue weighted by atomic mass is 19.4. The summed E-state index contributed by atoms with van der Waals surface area (Å²) in [6.45, 7) is 5.69. The lowest BCUT2D eigenvalue weighted by Gasteiger charge is -2.44. The van der Waals surface area contributed by atoms with Gasteiger partial charge in [0, 0.05) is 19.6 Å². The summed E-state index contributed by atoms with van der Waals surface area (Å²) in [6, 6.07) is 0. The van der Waals surface area contributed by atoms with Crippen LogP contribution >= 0.6 is 0 Å². The van der Waals surface area contributed by atoms with Gasteiger partial charge in [-0.2, -0.15) is 13.2 Å². The van der Waals surface area contributed by atoms with Gasteiger partial charge in [0.25, 0.3) is 0 Å². The molecule has 2 heterocycles. The molecular formula is C15H23F3N2O3. The monoisotopic (exact) mass is 336 g/mol. The molecule has 0 unspecified atom stereocenters. The maximum absolute atomic E-state index is 12.9. The van der Waals surface area contributed by atoms with Crippen molar-refractivity contribution in [3.8, 4) is 0 Å². The standard InChI is InChI=1S/C15H23F3N2O3/c1-13(2,3)23-12(22)19-9-7-14(10-19)6-4-5-8-20(14)11(21)15(16,17)18/h4-10H2,1-3H3/t14-/m1/s1. The van der Waals surface area contributed by atoms with E-state index >= 15 is 0 Å². The number of carbonyl (C=O) groups is 2. The minimum absolute atomic E-state index is 0.0838. The molecule has 0 saturated carbocycles. The molecule has 0 bridgehead atoms. The molecule has 0 aromatic carbocycles. The van der Waals surface area contributed by atoms with Crippen molar-refractivity contribution in [3.63, 3.8) is 0 Å². The van der Waals surface area contributed by atoms with Crippen LogP contribution in [-0.2, 0) is 9.53 Å². The minimum atomic E-state index is -4.89. The number of ether oxygens (including phenoxy) is 1. The van der Waals surface area contributed by atoms with Crippen LogP contribution in [0, 0.1) is 0 Å². The summed E-state index contributed by atoms with van der Waals surface area (Å²) in [6.07, 6.45) is -3.29. The van der Waals surface area contributed by atoms with Crippen LogP contribution in [0.5, 0.6) is 0 Å². The first kappa shape index (κ1) is 17.9. The van der Waals surface area contributed by atoms with Gasteiger partial charge < -0.3 is 14.5 Å². The molecule has 8 heteroatoms. The number of likely N-dealkylation sites (tertiary alicyclic amines) is 2. The predicted octanol–water partition coefficient (Wildman–Crippen LogP) is 2.94. The second kappa shape index (κ2) is 5.87. The first-order valence-corrected chi connectivity index (χ1v) is 7.81. The van der Waals surface area contributed by atoms with Crippen LogP contribution in [0.25, 0.3) is 0 Å². The molecule has 0 radical (unpaired) electrons. The summed E-state index contributed by atoms with van der Waals surface area (Å²) in [7, 11) is 0. The van der Waals surface area contributed by atoms with Gasteiger partial charge in [0.1, 0.15) is 5.60 Å². The van der Waals surface area contributed by atoms with Gasteiger partial charge in [-0.3, -0.25) is 4.79 Å². The first-order valence-electron chi connectivity index (χ1n) is 7.81. The van der Waals surface area contributed by atoms with Crippen LogP contribution in [0.3, 0.4) is 0 Å². The maximum atomic E-state index is 12.9. The van der Waals surface area contributed by atoms with E-state index in [4.69, 9.17) is 4.74 Å². The summed E-state index contributed by atoms with van der Waals surface area (Å²) >= 11 is 0. The Balaban J connectivity index is 2.14. The van der Waals surface area contributed by atoms with E-state index in [1.807, 2.05) is 0 Å². The number of piperidine rings is 1. The van der Waals surface area contributed by atoms with Gasteiger partial charge in [0.15, 0.2) is 0 Å². The number of rotatable bonds is 0. The SMILES string of the molecule is CC(C)(C)OC(=O)N1CC[C@]2(CCCCN2C(=O)C(F)(F)F)C1. The van der Waals surface area contributed by atoms with Crippen LogP contribution in [0.15, 0.2) is 0 Å². The molecule has 0 aromatic rings. The van der Waals surface area contributed by atoms with Gasteiger partial charge in [0.05, 0.1) is 5.54 Å². The van der Waals surface area contributed by atoms with E-state index in [1.54, 1.807) is 20.8 Å². The molecule has 23 heavy (non-hydrogen) atoms. The third kappa shape index (κ3) is 3.90. The summed E-state index contributed by atoms with van der Waals surface area (Å²) in [5, 5.41) is 0. The van der Waals surface area contributed by atoms with Crippen molar-refractivity contribution in [3.05, 3.63) is 0 Å². The Morgan fingerprint density at radius 1 is 1.04 bits per heavy atom. The van der Waals surface area contributed by atoms with E-state index in [-0.39, 0.29) is 13.1 Å². The van der Waals surface area contributed by atoms with Gasteiger partial charge in [-0.25, -0.2) is 4.79 Å². The second-order valence-corrected chi connectivity index (χ2v) is 7.29. The van der Waals surface area contributed by atoms with Crippen molar-refractivity contribution in [2.45, 2.75) is 63.8 Å². The fourth-order valence-electron chi connectivity index (χ4n) is 3.33. The molecule has 2 amide bonds. The Bertz CT molecular complexity index is 487. The Morgan fingerprint density at radius 3 is 2.26 bits per heavy atom. The van der Waals surface area contributed by atoms with Gasteiger partial charge in [-0.1, -0.05) is 0 Å². The Morgan fingerprint density at radius 2 is 1.70 bits per heavy atom. The number of halogens is 3. The van der Waals surface area contributed by atoms with Gasteiger partial charge in [-0.15, -0.1) is 0 Å². The van der Waals surface area contributed by atoms with E-state index in [0.29, 0.717) is 25.8 Å². The molecule has 5 nitrogen and oxygen atoms in total. The largest absolute Gasteiger partial charge is 0.471 e. The smallest absolute Gasteiger partial charge is 0.444 e. The first-order chi connectivity index (χ1) is 10.4. The zero-order chi connectivity index (χ0) is 17.5. The lowest BCUT2D eigenvalue weighted by molar-refractivity contribution is -0.193. The van der Waals surface area contributed by atoms with Crippen molar-refractivity contribution in [1.29, 1.82) is 0 Å². The number of carbonyl (C=O) groups excluding carboxylic acids is 2. The summed E-state index contributed by atoms with van der Waals surface area (Å²) in [5.41, 5.74) is -1.58. The molecule has 2 aliphatic heterocycles. The van der Waals surface area contributed by atoms with E-state index < -0.39 is 29.3 Å². The predicted molar refractivity (Wildman–Crippen MR) is 76.8 cm³/mol. The molecule has 2 fully saturated rings. The Labute approximate surface area is 133 Å². The van der Waals surface area contributed by atoms with Gasteiger partial charge in [-0.05, 0) is 46.5 Å². The average Bonchev–Trinajstić information content (AvgIpc) is 2.80. The normalized spacial score (nSPS) is 25.8.